The fourth-order valence-electron chi connectivity index (χ4n) is 2.73. The molecule has 1 amide bonds. The van der Waals surface area contributed by atoms with Crippen molar-refractivity contribution in [3.8, 4) is 0 Å². The van der Waals surface area contributed by atoms with Crippen molar-refractivity contribution in [3.05, 3.63) is 27.1 Å². The number of carbonyl (C=O) groups is 1. The van der Waals surface area contributed by atoms with Gasteiger partial charge in [-0.1, -0.05) is 0 Å². The molecule has 7 heteroatoms. The number of halogens is 1. The Hall–Kier alpha value is -1.76. The SMILES string of the molecule is CC(=O)N1CCC(Nc2cc3[nH]c(=O)[nH]c3cc2Br)CC1. The summed E-state index contributed by atoms with van der Waals surface area (Å²) in [6.45, 7) is 3.18. The minimum atomic E-state index is -0.205. The van der Waals surface area contributed by atoms with E-state index >= 15 is 0 Å². The van der Waals surface area contributed by atoms with Crippen LogP contribution in [0.2, 0.25) is 0 Å². The van der Waals surface area contributed by atoms with Crippen molar-refractivity contribution in [2.24, 2.45) is 0 Å². The Kier molecular flexibility index (Phi) is 3.75. The summed E-state index contributed by atoms with van der Waals surface area (Å²) in [5.74, 6) is 0.140. The molecule has 6 nitrogen and oxygen atoms in total. The van der Waals surface area contributed by atoms with Crippen molar-refractivity contribution in [2.75, 3.05) is 18.4 Å². The highest BCUT2D eigenvalue weighted by atomic mass is 79.9. The summed E-state index contributed by atoms with van der Waals surface area (Å²) in [5.41, 5.74) is 2.32. The molecule has 3 rings (SSSR count). The third-order valence-corrected chi connectivity index (χ3v) is 4.56. The number of H-pyrrole nitrogens is 2. The van der Waals surface area contributed by atoms with Crippen molar-refractivity contribution < 1.29 is 4.79 Å². The summed E-state index contributed by atoms with van der Waals surface area (Å²) in [4.78, 5) is 30.0. The van der Waals surface area contributed by atoms with Crippen LogP contribution >= 0.6 is 15.9 Å². The van der Waals surface area contributed by atoms with E-state index in [9.17, 15) is 9.59 Å². The van der Waals surface area contributed by atoms with Crippen molar-refractivity contribution >= 4 is 38.6 Å². The molecule has 112 valence electrons. The number of hydrogen-bond acceptors (Lipinski definition) is 3. The number of amides is 1. The predicted molar refractivity (Wildman–Crippen MR) is 85.5 cm³/mol. The maximum absolute atomic E-state index is 11.3. The van der Waals surface area contributed by atoms with Gasteiger partial charge in [0.05, 0.1) is 16.7 Å². The van der Waals surface area contributed by atoms with E-state index in [0.717, 1.165) is 47.1 Å². The molecule has 0 saturated carbocycles. The van der Waals surface area contributed by atoms with Crippen LogP contribution in [0, 0.1) is 0 Å². The number of nitrogens with zero attached hydrogens (tertiary/aromatic N) is 1. The zero-order chi connectivity index (χ0) is 15.0. The monoisotopic (exact) mass is 352 g/mol. The summed E-state index contributed by atoms with van der Waals surface area (Å²) in [6.07, 6.45) is 1.85. The van der Waals surface area contributed by atoms with E-state index in [1.54, 1.807) is 6.92 Å². The Morgan fingerprint density at radius 3 is 2.52 bits per heavy atom. The van der Waals surface area contributed by atoms with Gasteiger partial charge in [0.2, 0.25) is 5.91 Å². The van der Waals surface area contributed by atoms with Gasteiger partial charge in [-0.15, -0.1) is 0 Å². The molecule has 0 atom stereocenters. The lowest BCUT2D eigenvalue weighted by Crippen LogP contribution is -2.41. The minimum absolute atomic E-state index is 0.140. The Bertz CT molecular complexity index is 728. The fourth-order valence-corrected chi connectivity index (χ4v) is 3.18. The quantitative estimate of drug-likeness (QED) is 0.773. The van der Waals surface area contributed by atoms with Crippen LogP contribution < -0.4 is 11.0 Å². The first-order valence-corrected chi connectivity index (χ1v) is 7.76. The van der Waals surface area contributed by atoms with Crippen LogP contribution in [0.3, 0.4) is 0 Å². The highest BCUT2D eigenvalue weighted by molar-refractivity contribution is 9.10. The van der Waals surface area contributed by atoms with Crippen molar-refractivity contribution in [1.82, 2.24) is 14.9 Å². The zero-order valence-electron chi connectivity index (χ0n) is 11.7. The average Bonchev–Trinajstić information content (AvgIpc) is 2.79. The second kappa shape index (κ2) is 5.55. The zero-order valence-corrected chi connectivity index (χ0v) is 13.3. The number of carbonyl (C=O) groups excluding carboxylic acids is 1. The number of aromatic amines is 2. The molecule has 1 aromatic carbocycles. The number of likely N-dealkylation sites (tertiary alicyclic amines) is 1. The second-order valence-corrected chi connectivity index (χ2v) is 6.24. The third-order valence-electron chi connectivity index (χ3n) is 3.90. The van der Waals surface area contributed by atoms with Gasteiger partial charge in [0, 0.05) is 30.5 Å². The Balaban J connectivity index is 1.74. The smallest absolute Gasteiger partial charge is 0.323 e. The number of piperidine rings is 1. The maximum Gasteiger partial charge on any atom is 0.323 e. The molecule has 0 bridgehead atoms. The molecule has 1 saturated heterocycles. The number of fused-ring (bicyclic) bond motifs is 1. The van der Waals surface area contributed by atoms with E-state index in [1.165, 1.54) is 0 Å². The van der Waals surface area contributed by atoms with E-state index in [1.807, 2.05) is 17.0 Å². The van der Waals surface area contributed by atoms with E-state index in [-0.39, 0.29) is 11.6 Å². The van der Waals surface area contributed by atoms with Gasteiger partial charge < -0.3 is 20.2 Å². The number of hydrogen-bond donors (Lipinski definition) is 3. The molecular formula is C14H17BrN4O2. The highest BCUT2D eigenvalue weighted by Crippen LogP contribution is 2.28. The van der Waals surface area contributed by atoms with E-state index in [0.29, 0.717) is 6.04 Å². The lowest BCUT2D eigenvalue weighted by Gasteiger charge is -2.32. The number of nitrogens with one attached hydrogen (secondary N) is 3. The van der Waals surface area contributed by atoms with Crippen LogP contribution in [0.4, 0.5) is 5.69 Å². The molecule has 0 radical (unpaired) electrons. The van der Waals surface area contributed by atoms with Crippen LogP contribution in [0.15, 0.2) is 21.4 Å². The van der Waals surface area contributed by atoms with Crippen LogP contribution in [-0.4, -0.2) is 39.9 Å². The van der Waals surface area contributed by atoms with Gasteiger partial charge >= 0.3 is 5.69 Å². The largest absolute Gasteiger partial charge is 0.381 e. The molecule has 1 aliphatic rings. The van der Waals surface area contributed by atoms with Crippen LogP contribution in [-0.2, 0) is 4.79 Å². The second-order valence-electron chi connectivity index (χ2n) is 5.38. The third kappa shape index (κ3) is 2.97. The summed E-state index contributed by atoms with van der Waals surface area (Å²) < 4.78 is 0.916. The van der Waals surface area contributed by atoms with Crippen molar-refractivity contribution in [3.63, 3.8) is 0 Å². The lowest BCUT2D eigenvalue weighted by molar-refractivity contribution is -0.129. The summed E-state index contributed by atoms with van der Waals surface area (Å²) in [6, 6.07) is 4.15. The number of benzene rings is 1. The highest BCUT2D eigenvalue weighted by Gasteiger charge is 2.21. The van der Waals surface area contributed by atoms with Gasteiger partial charge in [0.1, 0.15) is 0 Å². The van der Waals surface area contributed by atoms with Gasteiger partial charge in [-0.05, 0) is 40.9 Å². The number of rotatable bonds is 2. The Morgan fingerprint density at radius 1 is 1.29 bits per heavy atom. The average molecular weight is 353 g/mol. The van der Waals surface area contributed by atoms with Gasteiger partial charge in [0.25, 0.3) is 0 Å². The predicted octanol–water partition coefficient (Wildman–Crippen LogP) is 2.04. The van der Waals surface area contributed by atoms with Crippen molar-refractivity contribution in [2.45, 2.75) is 25.8 Å². The van der Waals surface area contributed by atoms with E-state index in [4.69, 9.17) is 0 Å². The van der Waals surface area contributed by atoms with Crippen molar-refractivity contribution in [1.29, 1.82) is 0 Å². The molecule has 1 fully saturated rings. The first-order valence-electron chi connectivity index (χ1n) is 6.96. The molecule has 1 aromatic heterocycles. The minimum Gasteiger partial charge on any atom is -0.381 e. The fraction of sp³-hybridized carbons (Fsp3) is 0.429. The van der Waals surface area contributed by atoms with E-state index < -0.39 is 0 Å². The molecule has 0 spiro atoms. The molecule has 3 N–H and O–H groups in total. The lowest BCUT2D eigenvalue weighted by atomic mass is 10.0. The number of imidazole rings is 1. The molecule has 2 heterocycles. The van der Waals surface area contributed by atoms with Crippen LogP contribution in [0.1, 0.15) is 19.8 Å². The van der Waals surface area contributed by atoms with Gasteiger partial charge in [-0.3, -0.25) is 4.79 Å². The molecule has 2 aromatic rings. The van der Waals surface area contributed by atoms with Gasteiger partial charge in [-0.2, -0.15) is 0 Å². The van der Waals surface area contributed by atoms with Crippen LogP contribution in [0.5, 0.6) is 0 Å². The van der Waals surface area contributed by atoms with Gasteiger partial charge in [0.15, 0.2) is 0 Å². The molecule has 1 aliphatic heterocycles. The normalized spacial score (nSPS) is 16.4. The Morgan fingerprint density at radius 2 is 1.90 bits per heavy atom. The molecule has 21 heavy (non-hydrogen) atoms. The molecule has 0 aliphatic carbocycles. The Labute approximate surface area is 130 Å². The van der Waals surface area contributed by atoms with E-state index in [2.05, 4.69) is 31.2 Å². The number of aromatic nitrogens is 2. The summed E-state index contributed by atoms with van der Waals surface area (Å²) in [5, 5.41) is 3.49. The first-order chi connectivity index (χ1) is 10.0. The summed E-state index contributed by atoms with van der Waals surface area (Å²) >= 11 is 3.53. The first kappa shape index (κ1) is 14.2. The molecular weight excluding hydrogens is 336 g/mol. The summed E-state index contributed by atoms with van der Waals surface area (Å²) in [7, 11) is 0. The topological polar surface area (TPSA) is 81.0 Å². The maximum atomic E-state index is 11.3. The number of anilines is 1. The van der Waals surface area contributed by atoms with Gasteiger partial charge in [-0.25, -0.2) is 4.79 Å². The molecule has 0 unspecified atom stereocenters. The standard InChI is InChI=1S/C14H17BrN4O2/c1-8(20)19-4-2-9(3-5-19)16-11-7-13-12(6-10(11)15)17-14(21)18-13/h6-7,9,16H,2-5H2,1H3,(H2,17,18,21). The van der Waals surface area contributed by atoms with Crippen LogP contribution in [0.25, 0.3) is 11.0 Å².